The van der Waals surface area contributed by atoms with E-state index in [-0.39, 0.29) is 10.0 Å². The first-order chi connectivity index (χ1) is 11.5. The number of nitrogens with zero attached hydrogens (tertiary/aromatic N) is 2. The van der Waals surface area contributed by atoms with Crippen LogP contribution in [-0.2, 0) is 10.0 Å². The van der Waals surface area contributed by atoms with Crippen LogP contribution in [0.25, 0.3) is 10.8 Å². The maximum atomic E-state index is 12.6. The Labute approximate surface area is 144 Å². The Bertz CT molecular complexity index is 1020. The number of fused-ring (bicyclic) bond motifs is 1. The molecular weight excluding hydrogens is 346 g/mol. The molecule has 0 bridgehead atoms. The lowest BCUT2D eigenvalue weighted by atomic mass is 10.0. The van der Waals surface area contributed by atoms with Gasteiger partial charge in [-0.05, 0) is 36.3 Å². The molecule has 0 amide bonds. The summed E-state index contributed by atoms with van der Waals surface area (Å²) in [5, 5.41) is 2.30. The summed E-state index contributed by atoms with van der Waals surface area (Å²) in [6.45, 7) is 0. The molecule has 0 radical (unpaired) electrons. The third kappa shape index (κ3) is 2.83. The number of halogens is 1. The zero-order valence-corrected chi connectivity index (χ0v) is 14.2. The van der Waals surface area contributed by atoms with Crippen molar-refractivity contribution >= 4 is 38.2 Å². The number of nitrogens with one attached hydrogen (secondary N) is 1. The number of hydrogen-bond acceptors (Lipinski definition) is 4. The number of pyridine rings is 2. The van der Waals surface area contributed by atoms with Crippen LogP contribution in [0.2, 0.25) is 5.15 Å². The lowest BCUT2D eigenvalue weighted by Gasteiger charge is -2.13. The van der Waals surface area contributed by atoms with Crippen molar-refractivity contribution in [3.05, 3.63) is 59.5 Å². The number of sulfonamides is 1. The largest absolute Gasteiger partial charge is 0.264 e. The quantitative estimate of drug-likeness (QED) is 0.715. The molecule has 1 aromatic carbocycles. The second kappa shape index (κ2) is 5.72. The van der Waals surface area contributed by atoms with Gasteiger partial charge in [0.05, 0.1) is 0 Å². The van der Waals surface area contributed by atoms with Crippen LogP contribution in [0.15, 0.2) is 53.7 Å². The van der Waals surface area contributed by atoms with Crippen LogP contribution in [-0.4, -0.2) is 18.4 Å². The standard InChI is InChI=1S/C17H14ClN3O2S/c18-15-8-7-13(10-19-15)24(22,23)21-17-16(11-5-6-11)14-4-2-1-3-12(14)9-20-17/h1-4,7-11H,5-6H2,(H,20,21). The fourth-order valence-corrected chi connectivity index (χ4v) is 3.85. The molecule has 1 aliphatic rings. The van der Waals surface area contributed by atoms with Crippen LogP contribution < -0.4 is 4.72 Å². The molecule has 0 unspecified atom stereocenters. The summed E-state index contributed by atoms with van der Waals surface area (Å²) in [5.41, 5.74) is 0.971. The normalized spacial score (nSPS) is 14.7. The van der Waals surface area contributed by atoms with E-state index in [1.165, 1.54) is 18.3 Å². The van der Waals surface area contributed by atoms with Crippen molar-refractivity contribution in [2.45, 2.75) is 23.7 Å². The summed E-state index contributed by atoms with van der Waals surface area (Å²) in [4.78, 5) is 8.25. The number of benzene rings is 1. The van der Waals surface area contributed by atoms with Gasteiger partial charge < -0.3 is 0 Å². The molecule has 24 heavy (non-hydrogen) atoms. The lowest BCUT2D eigenvalue weighted by molar-refractivity contribution is 0.600. The Morgan fingerprint density at radius 1 is 1.04 bits per heavy atom. The van der Waals surface area contributed by atoms with E-state index in [0.717, 1.165) is 29.2 Å². The molecule has 3 aromatic rings. The SMILES string of the molecule is O=S(=O)(Nc1ncc2ccccc2c1C1CC1)c1ccc(Cl)nc1. The number of hydrogen-bond donors (Lipinski definition) is 1. The van der Waals surface area contributed by atoms with Gasteiger partial charge in [-0.25, -0.2) is 18.4 Å². The molecule has 2 aromatic heterocycles. The van der Waals surface area contributed by atoms with Crippen molar-refractivity contribution in [1.82, 2.24) is 9.97 Å². The lowest BCUT2D eigenvalue weighted by Crippen LogP contribution is -2.15. The van der Waals surface area contributed by atoms with E-state index in [1.54, 1.807) is 6.20 Å². The molecule has 7 heteroatoms. The fourth-order valence-electron chi connectivity index (χ4n) is 2.76. The summed E-state index contributed by atoms with van der Waals surface area (Å²) in [5.74, 6) is 0.746. The summed E-state index contributed by atoms with van der Waals surface area (Å²) >= 11 is 5.72. The summed E-state index contributed by atoms with van der Waals surface area (Å²) < 4.78 is 27.8. The zero-order valence-electron chi connectivity index (χ0n) is 12.6. The van der Waals surface area contributed by atoms with Gasteiger partial charge in [0, 0.05) is 23.3 Å². The van der Waals surface area contributed by atoms with E-state index >= 15 is 0 Å². The molecule has 0 aliphatic heterocycles. The number of aromatic nitrogens is 2. The van der Waals surface area contributed by atoms with Gasteiger partial charge in [-0.15, -0.1) is 0 Å². The van der Waals surface area contributed by atoms with Gasteiger partial charge >= 0.3 is 0 Å². The fraction of sp³-hybridized carbons (Fsp3) is 0.176. The van der Waals surface area contributed by atoms with Gasteiger partial charge in [-0.3, -0.25) is 4.72 Å². The monoisotopic (exact) mass is 359 g/mol. The van der Waals surface area contributed by atoms with Gasteiger partial charge in [0.25, 0.3) is 10.0 Å². The highest BCUT2D eigenvalue weighted by Crippen LogP contribution is 2.46. The minimum atomic E-state index is -3.76. The second-order valence-electron chi connectivity index (χ2n) is 5.80. The first kappa shape index (κ1) is 15.4. The van der Waals surface area contributed by atoms with Crippen molar-refractivity contribution in [3.63, 3.8) is 0 Å². The van der Waals surface area contributed by atoms with Gasteiger partial charge in [0.15, 0.2) is 0 Å². The Kier molecular flexibility index (Phi) is 3.66. The average Bonchev–Trinajstić information content (AvgIpc) is 3.39. The predicted molar refractivity (Wildman–Crippen MR) is 93.8 cm³/mol. The third-order valence-electron chi connectivity index (χ3n) is 4.07. The van der Waals surface area contributed by atoms with Gasteiger partial charge in [0.2, 0.25) is 0 Å². The van der Waals surface area contributed by atoms with E-state index in [2.05, 4.69) is 14.7 Å². The topological polar surface area (TPSA) is 72.0 Å². The molecule has 122 valence electrons. The maximum absolute atomic E-state index is 12.6. The van der Waals surface area contributed by atoms with Crippen molar-refractivity contribution in [2.75, 3.05) is 4.72 Å². The Morgan fingerprint density at radius 3 is 2.54 bits per heavy atom. The highest BCUT2D eigenvalue weighted by molar-refractivity contribution is 7.92. The molecule has 1 aliphatic carbocycles. The molecule has 5 nitrogen and oxygen atoms in total. The van der Waals surface area contributed by atoms with Crippen molar-refractivity contribution in [2.24, 2.45) is 0 Å². The molecule has 2 heterocycles. The van der Waals surface area contributed by atoms with Gasteiger partial charge in [0.1, 0.15) is 15.9 Å². The first-order valence-corrected chi connectivity index (χ1v) is 9.43. The number of rotatable bonds is 4. The minimum absolute atomic E-state index is 0.0589. The average molecular weight is 360 g/mol. The predicted octanol–water partition coefficient (Wildman–Crippen LogP) is 3.96. The molecule has 1 N–H and O–H groups in total. The molecule has 0 atom stereocenters. The van der Waals surface area contributed by atoms with E-state index in [0.29, 0.717) is 11.7 Å². The molecule has 4 rings (SSSR count). The van der Waals surface area contributed by atoms with E-state index < -0.39 is 10.0 Å². The molecule has 0 spiro atoms. The second-order valence-corrected chi connectivity index (χ2v) is 7.87. The maximum Gasteiger partial charge on any atom is 0.264 e. The van der Waals surface area contributed by atoms with Crippen molar-refractivity contribution < 1.29 is 8.42 Å². The highest BCUT2D eigenvalue weighted by atomic mass is 35.5. The first-order valence-electron chi connectivity index (χ1n) is 7.56. The van der Waals surface area contributed by atoms with E-state index in [1.807, 2.05) is 24.3 Å². The third-order valence-corrected chi connectivity index (χ3v) is 5.61. The summed E-state index contributed by atoms with van der Waals surface area (Å²) in [6, 6.07) is 10.8. The van der Waals surface area contributed by atoms with Crippen molar-refractivity contribution in [3.8, 4) is 0 Å². The summed E-state index contributed by atoms with van der Waals surface area (Å²) in [7, 11) is -3.76. The minimum Gasteiger partial charge on any atom is -0.263 e. The van der Waals surface area contributed by atoms with Crippen LogP contribution in [0.3, 0.4) is 0 Å². The smallest absolute Gasteiger partial charge is 0.263 e. The molecule has 1 saturated carbocycles. The molecule has 0 saturated heterocycles. The van der Waals surface area contributed by atoms with Crippen LogP contribution in [0.5, 0.6) is 0 Å². The van der Waals surface area contributed by atoms with Crippen LogP contribution in [0.1, 0.15) is 24.3 Å². The van der Waals surface area contributed by atoms with Crippen LogP contribution in [0, 0.1) is 0 Å². The van der Waals surface area contributed by atoms with Crippen molar-refractivity contribution in [1.29, 1.82) is 0 Å². The van der Waals surface area contributed by atoms with E-state index in [9.17, 15) is 8.42 Å². The summed E-state index contributed by atoms with van der Waals surface area (Å²) in [6.07, 6.45) is 5.03. The van der Waals surface area contributed by atoms with Gasteiger partial charge in [-0.2, -0.15) is 0 Å². The van der Waals surface area contributed by atoms with Crippen LogP contribution >= 0.6 is 11.6 Å². The van der Waals surface area contributed by atoms with E-state index in [4.69, 9.17) is 11.6 Å². The Morgan fingerprint density at radius 2 is 1.83 bits per heavy atom. The van der Waals surface area contributed by atoms with Gasteiger partial charge in [-0.1, -0.05) is 35.9 Å². The van der Waals surface area contributed by atoms with Crippen LogP contribution in [0.4, 0.5) is 5.82 Å². The zero-order chi connectivity index (χ0) is 16.7. The highest BCUT2D eigenvalue weighted by Gasteiger charge is 2.30. The molecular formula is C17H14ClN3O2S. The molecule has 1 fully saturated rings. The Hall–Kier alpha value is -2.18. The Balaban J connectivity index is 1.79. The number of anilines is 1.